The summed E-state index contributed by atoms with van der Waals surface area (Å²) in [6, 6.07) is 5.17. The Morgan fingerprint density at radius 2 is 2.19 bits per heavy atom. The molecule has 0 spiro atoms. The van der Waals surface area contributed by atoms with Gasteiger partial charge in [0.1, 0.15) is 0 Å². The second-order valence-electron chi connectivity index (χ2n) is 3.40. The lowest BCUT2D eigenvalue weighted by Crippen LogP contribution is -2.16. The fourth-order valence-corrected chi connectivity index (χ4v) is 1.41. The average Bonchev–Trinajstić information content (AvgIpc) is 2.21. The van der Waals surface area contributed by atoms with Crippen LogP contribution in [0.1, 0.15) is 23.6 Å². The normalized spacial score (nSPS) is 11.5. The third kappa shape index (κ3) is 4.00. The third-order valence-corrected chi connectivity index (χ3v) is 2.65. The van der Waals surface area contributed by atoms with Crippen molar-refractivity contribution in [1.82, 2.24) is 0 Å². The number of rotatable bonds is 3. The van der Waals surface area contributed by atoms with Crippen LogP contribution in [-0.4, -0.2) is 13.1 Å². The van der Waals surface area contributed by atoms with E-state index in [0.29, 0.717) is 5.02 Å². The Balaban J connectivity index is 0.00000225. The summed E-state index contributed by atoms with van der Waals surface area (Å²) in [5.41, 5.74) is 7.67. The van der Waals surface area contributed by atoms with Crippen LogP contribution in [0, 0.1) is 6.92 Å². The van der Waals surface area contributed by atoms with E-state index in [0.717, 1.165) is 11.1 Å². The molecule has 0 radical (unpaired) electrons. The van der Waals surface area contributed by atoms with Crippen LogP contribution in [-0.2, 0) is 9.53 Å². The standard InChI is InChI=1S/C11H14ClNO2.ClH/c1-7-3-4-8(5-9(7)12)10(13)6-11(14)15-2;/h3-5,10H,6,13H2,1-2H3;1H/t10-;/m0./s1. The molecule has 0 aliphatic carbocycles. The molecule has 0 bridgehead atoms. The van der Waals surface area contributed by atoms with E-state index < -0.39 is 0 Å². The minimum absolute atomic E-state index is 0. The van der Waals surface area contributed by atoms with Crippen LogP contribution in [0.5, 0.6) is 0 Å². The molecule has 0 unspecified atom stereocenters. The molecule has 1 aromatic rings. The molecule has 5 heteroatoms. The summed E-state index contributed by atoms with van der Waals surface area (Å²) in [5.74, 6) is -0.320. The van der Waals surface area contributed by atoms with Gasteiger partial charge >= 0.3 is 5.97 Å². The molecule has 0 amide bonds. The maximum atomic E-state index is 11.0. The molecule has 2 N–H and O–H groups in total. The number of nitrogens with two attached hydrogens (primary N) is 1. The number of carbonyl (C=O) groups excluding carboxylic acids is 1. The van der Waals surface area contributed by atoms with Gasteiger partial charge in [-0.15, -0.1) is 12.4 Å². The number of halogens is 2. The van der Waals surface area contributed by atoms with E-state index in [1.165, 1.54) is 7.11 Å². The minimum Gasteiger partial charge on any atom is -0.469 e. The highest BCUT2D eigenvalue weighted by molar-refractivity contribution is 6.31. The Morgan fingerprint density at radius 1 is 1.56 bits per heavy atom. The van der Waals surface area contributed by atoms with Gasteiger partial charge < -0.3 is 10.5 Å². The predicted molar refractivity (Wildman–Crippen MR) is 67.0 cm³/mol. The molecule has 0 heterocycles. The van der Waals surface area contributed by atoms with Gasteiger partial charge in [0.05, 0.1) is 13.5 Å². The second kappa shape index (κ2) is 6.74. The van der Waals surface area contributed by atoms with Crippen LogP contribution < -0.4 is 5.73 Å². The average molecular weight is 264 g/mol. The smallest absolute Gasteiger partial charge is 0.307 e. The van der Waals surface area contributed by atoms with Crippen molar-refractivity contribution in [2.45, 2.75) is 19.4 Å². The van der Waals surface area contributed by atoms with Crippen molar-refractivity contribution in [3.63, 3.8) is 0 Å². The van der Waals surface area contributed by atoms with E-state index in [-0.39, 0.29) is 30.8 Å². The number of benzene rings is 1. The van der Waals surface area contributed by atoms with Gasteiger partial charge in [-0.1, -0.05) is 23.7 Å². The molecule has 0 saturated heterocycles. The number of ether oxygens (including phenoxy) is 1. The highest BCUT2D eigenvalue weighted by Crippen LogP contribution is 2.21. The van der Waals surface area contributed by atoms with Crippen LogP contribution in [0.3, 0.4) is 0 Å². The second-order valence-corrected chi connectivity index (χ2v) is 3.80. The summed E-state index contributed by atoms with van der Waals surface area (Å²) in [6.45, 7) is 1.91. The molecular formula is C11H15Cl2NO2. The van der Waals surface area contributed by atoms with E-state index in [4.69, 9.17) is 17.3 Å². The van der Waals surface area contributed by atoms with Crippen LogP contribution in [0.4, 0.5) is 0 Å². The van der Waals surface area contributed by atoms with Crippen molar-refractivity contribution >= 4 is 30.0 Å². The van der Waals surface area contributed by atoms with Crippen molar-refractivity contribution in [2.75, 3.05) is 7.11 Å². The van der Waals surface area contributed by atoms with Crippen molar-refractivity contribution in [1.29, 1.82) is 0 Å². The highest BCUT2D eigenvalue weighted by Gasteiger charge is 2.12. The quantitative estimate of drug-likeness (QED) is 0.854. The Bertz CT molecular complexity index is 369. The third-order valence-electron chi connectivity index (χ3n) is 2.24. The van der Waals surface area contributed by atoms with Crippen molar-refractivity contribution in [3.8, 4) is 0 Å². The maximum absolute atomic E-state index is 11.0. The number of hydrogen-bond donors (Lipinski definition) is 1. The van der Waals surface area contributed by atoms with Crippen molar-refractivity contribution in [3.05, 3.63) is 34.3 Å². The number of hydrogen-bond acceptors (Lipinski definition) is 3. The van der Waals surface area contributed by atoms with Crippen molar-refractivity contribution in [2.24, 2.45) is 5.73 Å². The van der Waals surface area contributed by atoms with Crippen LogP contribution in [0.15, 0.2) is 18.2 Å². The maximum Gasteiger partial charge on any atom is 0.307 e. The molecule has 1 rings (SSSR count). The Morgan fingerprint density at radius 3 is 2.69 bits per heavy atom. The first-order chi connectivity index (χ1) is 7.04. The summed E-state index contributed by atoms with van der Waals surface area (Å²) in [5, 5.41) is 0.660. The van der Waals surface area contributed by atoms with Gasteiger partial charge in [0, 0.05) is 11.1 Å². The van der Waals surface area contributed by atoms with Crippen LogP contribution >= 0.6 is 24.0 Å². The van der Waals surface area contributed by atoms with E-state index in [1.807, 2.05) is 19.1 Å². The first-order valence-corrected chi connectivity index (χ1v) is 5.01. The van der Waals surface area contributed by atoms with Gasteiger partial charge in [-0.3, -0.25) is 4.79 Å². The summed E-state index contributed by atoms with van der Waals surface area (Å²) in [4.78, 5) is 11.0. The first-order valence-electron chi connectivity index (χ1n) is 4.63. The lowest BCUT2D eigenvalue weighted by molar-refractivity contribution is -0.141. The molecule has 1 aromatic carbocycles. The summed E-state index contributed by atoms with van der Waals surface area (Å²) < 4.78 is 4.54. The van der Waals surface area contributed by atoms with Gasteiger partial charge in [-0.2, -0.15) is 0 Å². The number of aryl methyl sites for hydroxylation is 1. The molecule has 0 aromatic heterocycles. The van der Waals surface area contributed by atoms with Gasteiger partial charge in [0.15, 0.2) is 0 Å². The zero-order valence-corrected chi connectivity index (χ0v) is 10.8. The van der Waals surface area contributed by atoms with Gasteiger partial charge in [0.25, 0.3) is 0 Å². The molecule has 1 atom stereocenters. The van der Waals surface area contributed by atoms with E-state index in [1.54, 1.807) is 6.07 Å². The van der Waals surface area contributed by atoms with Crippen LogP contribution in [0.25, 0.3) is 0 Å². The van der Waals surface area contributed by atoms with Gasteiger partial charge in [-0.05, 0) is 24.1 Å². The lowest BCUT2D eigenvalue weighted by Gasteiger charge is -2.11. The molecule has 3 nitrogen and oxygen atoms in total. The fraction of sp³-hybridized carbons (Fsp3) is 0.364. The monoisotopic (exact) mass is 263 g/mol. The Labute approximate surface area is 106 Å². The molecule has 0 fully saturated rings. The summed E-state index contributed by atoms with van der Waals surface area (Å²) in [7, 11) is 1.34. The highest BCUT2D eigenvalue weighted by atomic mass is 35.5. The van der Waals surface area contributed by atoms with Crippen molar-refractivity contribution < 1.29 is 9.53 Å². The SMILES string of the molecule is COC(=O)C[C@H](N)c1ccc(C)c(Cl)c1.Cl. The zero-order chi connectivity index (χ0) is 11.4. The molecule has 0 saturated carbocycles. The van der Waals surface area contributed by atoms with E-state index >= 15 is 0 Å². The fourth-order valence-electron chi connectivity index (χ4n) is 1.22. The predicted octanol–water partition coefficient (Wildman–Crippen LogP) is 2.63. The van der Waals surface area contributed by atoms with E-state index in [2.05, 4.69) is 4.74 Å². The largest absolute Gasteiger partial charge is 0.469 e. The summed E-state index contributed by atoms with van der Waals surface area (Å²) >= 11 is 5.96. The van der Waals surface area contributed by atoms with Gasteiger partial charge in [0.2, 0.25) is 0 Å². The molecule has 16 heavy (non-hydrogen) atoms. The topological polar surface area (TPSA) is 52.3 Å². The minimum atomic E-state index is -0.365. The number of esters is 1. The molecule has 0 aliphatic heterocycles. The first kappa shape index (κ1) is 15.2. The number of methoxy groups -OCH3 is 1. The van der Waals surface area contributed by atoms with Gasteiger partial charge in [-0.25, -0.2) is 0 Å². The lowest BCUT2D eigenvalue weighted by atomic mass is 10.0. The number of carbonyl (C=O) groups is 1. The summed E-state index contributed by atoms with van der Waals surface area (Å²) in [6.07, 6.45) is 0.163. The Hall–Kier alpha value is -0.770. The molecular weight excluding hydrogens is 249 g/mol. The zero-order valence-electron chi connectivity index (χ0n) is 9.20. The Kier molecular flexibility index (Phi) is 6.41. The van der Waals surface area contributed by atoms with Crippen LogP contribution in [0.2, 0.25) is 5.02 Å². The molecule has 90 valence electrons. The van der Waals surface area contributed by atoms with E-state index in [9.17, 15) is 4.79 Å². The molecule has 0 aliphatic rings.